The van der Waals surface area contributed by atoms with Gasteiger partial charge in [0.25, 0.3) is 0 Å². The molecule has 0 radical (unpaired) electrons. The van der Waals surface area contributed by atoms with Gasteiger partial charge in [-0.1, -0.05) is 35.0 Å². The Kier molecular flexibility index (Phi) is 7.03. The standard InChI is InChI=1S/C15H21BrF3N/c1-3-9-20-14(5-4-8-15(17,18)19)12-7-6-11(2)10-13(12)16/h6-7,10,14,20H,3-5,8-9H2,1-2H3. The van der Waals surface area contributed by atoms with Crippen LogP contribution in [0.4, 0.5) is 13.2 Å². The number of alkyl halides is 3. The first-order chi connectivity index (χ1) is 9.33. The predicted molar refractivity (Wildman–Crippen MR) is 79.8 cm³/mol. The Morgan fingerprint density at radius 2 is 2.00 bits per heavy atom. The summed E-state index contributed by atoms with van der Waals surface area (Å²) in [4.78, 5) is 0. The first-order valence-corrected chi connectivity index (χ1v) is 7.69. The van der Waals surface area contributed by atoms with Crippen LogP contribution in [0.2, 0.25) is 0 Å². The minimum Gasteiger partial charge on any atom is -0.310 e. The highest BCUT2D eigenvalue weighted by atomic mass is 79.9. The monoisotopic (exact) mass is 351 g/mol. The van der Waals surface area contributed by atoms with Gasteiger partial charge in [0, 0.05) is 16.9 Å². The molecule has 0 fully saturated rings. The van der Waals surface area contributed by atoms with Crippen LogP contribution < -0.4 is 5.32 Å². The van der Waals surface area contributed by atoms with Gasteiger partial charge < -0.3 is 5.32 Å². The number of nitrogens with one attached hydrogen (secondary N) is 1. The van der Waals surface area contributed by atoms with Crippen molar-refractivity contribution in [3.05, 3.63) is 33.8 Å². The van der Waals surface area contributed by atoms with E-state index < -0.39 is 12.6 Å². The van der Waals surface area contributed by atoms with E-state index in [0.717, 1.165) is 28.6 Å². The van der Waals surface area contributed by atoms with Crippen molar-refractivity contribution in [1.29, 1.82) is 0 Å². The number of rotatable bonds is 7. The fourth-order valence-corrected chi connectivity index (χ4v) is 2.88. The fourth-order valence-electron chi connectivity index (χ4n) is 2.11. The normalized spacial score (nSPS) is 13.5. The molecule has 20 heavy (non-hydrogen) atoms. The molecule has 0 saturated heterocycles. The highest BCUT2D eigenvalue weighted by molar-refractivity contribution is 9.10. The molecule has 0 spiro atoms. The van der Waals surface area contributed by atoms with Crippen LogP contribution >= 0.6 is 15.9 Å². The average molecular weight is 352 g/mol. The Hall–Kier alpha value is -0.550. The molecule has 0 bridgehead atoms. The minimum absolute atomic E-state index is 0.0349. The molecule has 0 aliphatic heterocycles. The van der Waals surface area contributed by atoms with Gasteiger partial charge in [-0.2, -0.15) is 13.2 Å². The van der Waals surface area contributed by atoms with E-state index >= 15 is 0 Å². The van der Waals surface area contributed by atoms with E-state index in [2.05, 4.69) is 21.2 Å². The van der Waals surface area contributed by atoms with Crippen LogP contribution in [0.3, 0.4) is 0 Å². The third kappa shape index (κ3) is 6.27. The van der Waals surface area contributed by atoms with E-state index in [4.69, 9.17) is 0 Å². The molecule has 0 amide bonds. The first-order valence-electron chi connectivity index (χ1n) is 6.89. The molecule has 0 aliphatic rings. The number of halogens is 4. The smallest absolute Gasteiger partial charge is 0.310 e. The van der Waals surface area contributed by atoms with Crippen molar-refractivity contribution in [2.45, 2.75) is 51.7 Å². The zero-order valence-corrected chi connectivity index (χ0v) is 13.4. The maximum absolute atomic E-state index is 12.3. The van der Waals surface area contributed by atoms with Gasteiger partial charge in [-0.05, 0) is 49.9 Å². The van der Waals surface area contributed by atoms with Gasteiger partial charge in [0.1, 0.15) is 0 Å². The van der Waals surface area contributed by atoms with Gasteiger partial charge in [-0.3, -0.25) is 0 Å². The Bertz CT molecular complexity index is 418. The number of aryl methyl sites for hydroxylation is 1. The largest absolute Gasteiger partial charge is 0.389 e. The Morgan fingerprint density at radius 1 is 1.30 bits per heavy atom. The molecular weight excluding hydrogens is 331 g/mol. The molecule has 1 unspecified atom stereocenters. The summed E-state index contributed by atoms with van der Waals surface area (Å²) in [5.41, 5.74) is 2.16. The van der Waals surface area contributed by atoms with E-state index in [9.17, 15) is 13.2 Å². The molecule has 0 heterocycles. The van der Waals surface area contributed by atoms with Crippen LogP contribution in [-0.4, -0.2) is 12.7 Å². The van der Waals surface area contributed by atoms with Crippen molar-refractivity contribution in [1.82, 2.24) is 5.32 Å². The van der Waals surface area contributed by atoms with Crippen molar-refractivity contribution in [2.24, 2.45) is 0 Å². The van der Waals surface area contributed by atoms with Crippen molar-refractivity contribution in [3.8, 4) is 0 Å². The minimum atomic E-state index is -4.07. The first kappa shape index (κ1) is 17.5. The Labute approximate surface area is 127 Å². The Morgan fingerprint density at radius 3 is 2.55 bits per heavy atom. The van der Waals surface area contributed by atoms with Crippen molar-refractivity contribution >= 4 is 15.9 Å². The molecular formula is C15H21BrF3N. The van der Waals surface area contributed by atoms with Gasteiger partial charge in [-0.15, -0.1) is 0 Å². The molecule has 1 nitrogen and oxygen atoms in total. The summed E-state index contributed by atoms with van der Waals surface area (Å²) in [6.07, 6.45) is -3.20. The molecule has 1 aromatic carbocycles. The van der Waals surface area contributed by atoms with Gasteiger partial charge in [0.15, 0.2) is 0 Å². The van der Waals surface area contributed by atoms with Crippen molar-refractivity contribution in [3.63, 3.8) is 0 Å². The number of hydrogen-bond acceptors (Lipinski definition) is 1. The topological polar surface area (TPSA) is 12.0 Å². The van der Waals surface area contributed by atoms with Crippen molar-refractivity contribution in [2.75, 3.05) is 6.54 Å². The molecule has 5 heteroatoms. The summed E-state index contributed by atoms with van der Waals surface area (Å²) in [5.74, 6) is 0. The van der Waals surface area contributed by atoms with Crippen LogP contribution in [0, 0.1) is 6.92 Å². The predicted octanol–water partition coefficient (Wildman–Crippen LogP) is 5.53. The van der Waals surface area contributed by atoms with E-state index in [0.29, 0.717) is 6.42 Å². The van der Waals surface area contributed by atoms with E-state index in [1.165, 1.54) is 0 Å². The third-order valence-electron chi connectivity index (χ3n) is 3.13. The van der Waals surface area contributed by atoms with Gasteiger partial charge in [0.05, 0.1) is 0 Å². The summed E-state index contributed by atoms with van der Waals surface area (Å²) in [6, 6.07) is 5.94. The summed E-state index contributed by atoms with van der Waals surface area (Å²) in [6.45, 7) is 4.84. The quantitative estimate of drug-likeness (QED) is 0.680. The molecule has 0 saturated carbocycles. The lowest BCUT2D eigenvalue weighted by molar-refractivity contribution is -0.135. The number of benzene rings is 1. The van der Waals surface area contributed by atoms with E-state index in [1.807, 2.05) is 32.0 Å². The van der Waals surface area contributed by atoms with Gasteiger partial charge in [-0.25, -0.2) is 0 Å². The maximum atomic E-state index is 12.3. The zero-order chi connectivity index (χ0) is 15.2. The number of hydrogen-bond donors (Lipinski definition) is 1. The fraction of sp³-hybridized carbons (Fsp3) is 0.600. The zero-order valence-electron chi connectivity index (χ0n) is 11.9. The summed E-state index contributed by atoms with van der Waals surface area (Å²) in [5, 5.41) is 3.33. The third-order valence-corrected chi connectivity index (χ3v) is 3.81. The van der Waals surface area contributed by atoms with E-state index in [-0.39, 0.29) is 12.5 Å². The highest BCUT2D eigenvalue weighted by Gasteiger charge is 2.27. The highest BCUT2D eigenvalue weighted by Crippen LogP contribution is 2.30. The van der Waals surface area contributed by atoms with Crippen LogP contribution in [0.15, 0.2) is 22.7 Å². The maximum Gasteiger partial charge on any atom is 0.389 e. The van der Waals surface area contributed by atoms with Crippen LogP contribution in [-0.2, 0) is 0 Å². The average Bonchev–Trinajstić information content (AvgIpc) is 2.33. The molecule has 0 aromatic heterocycles. The van der Waals surface area contributed by atoms with Crippen LogP contribution in [0.25, 0.3) is 0 Å². The molecule has 1 rings (SSSR count). The van der Waals surface area contributed by atoms with Gasteiger partial charge >= 0.3 is 6.18 Å². The lowest BCUT2D eigenvalue weighted by atomic mass is 9.99. The lowest BCUT2D eigenvalue weighted by Crippen LogP contribution is -2.23. The molecule has 1 N–H and O–H groups in total. The second-order valence-corrected chi connectivity index (χ2v) is 5.89. The summed E-state index contributed by atoms with van der Waals surface area (Å²) >= 11 is 3.51. The Balaban J connectivity index is 2.72. The SMILES string of the molecule is CCCNC(CCCC(F)(F)F)c1ccc(C)cc1Br. The summed E-state index contributed by atoms with van der Waals surface area (Å²) < 4.78 is 37.7. The summed E-state index contributed by atoms with van der Waals surface area (Å²) in [7, 11) is 0. The van der Waals surface area contributed by atoms with Crippen LogP contribution in [0.1, 0.15) is 49.8 Å². The second-order valence-electron chi connectivity index (χ2n) is 5.04. The van der Waals surface area contributed by atoms with Crippen molar-refractivity contribution < 1.29 is 13.2 Å². The molecule has 1 aromatic rings. The van der Waals surface area contributed by atoms with Gasteiger partial charge in [0.2, 0.25) is 0 Å². The second kappa shape index (κ2) is 8.03. The molecule has 114 valence electrons. The van der Waals surface area contributed by atoms with Crippen LogP contribution in [0.5, 0.6) is 0 Å². The lowest BCUT2D eigenvalue weighted by Gasteiger charge is -2.21. The molecule has 0 aliphatic carbocycles. The molecule has 1 atom stereocenters. The van der Waals surface area contributed by atoms with E-state index in [1.54, 1.807) is 0 Å².